The van der Waals surface area contributed by atoms with Crippen molar-refractivity contribution in [3.63, 3.8) is 0 Å². The maximum absolute atomic E-state index is 9.87. The van der Waals surface area contributed by atoms with E-state index >= 15 is 0 Å². The van der Waals surface area contributed by atoms with Crippen LogP contribution in [-0.4, -0.2) is 11.1 Å². The fourth-order valence-electron chi connectivity index (χ4n) is 3.85. The molecule has 0 heterocycles. The lowest BCUT2D eigenvalue weighted by Gasteiger charge is -2.03. The van der Waals surface area contributed by atoms with Crippen LogP contribution in [0.1, 0.15) is 175 Å². The first-order valence-corrected chi connectivity index (χ1v) is 13.9. The van der Waals surface area contributed by atoms with Gasteiger partial charge < -0.3 is 5.11 Å². The number of carboxylic acids is 1. The van der Waals surface area contributed by atoms with Gasteiger partial charge >= 0.3 is 5.97 Å². The van der Waals surface area contributed by atoms with Crippen LogP contribution in [0.15, 0.2) is 0 Å². The molecule has 0 rings (SSSR count). The van der Waals surface area contributed by atoms with Crippen molar-refractivity contribution in [2.75, 3.05) is 0 Å². The molecule has 0 aromatic rings. The third kappa shape index (κ3) is 34.9. The zero-order valence-corrected chi connectivity index (χ0v) is 21.3. The summed E-state index contributed by atoms with van der Waals surface area (Å²) in [6.45, 7) is 6.66. The van der Waals surface area contributed by atoms with Gasteiger partial charge in [0, 0.05) is 6.42 Å². The molecule has 0 amide bonds. The fraction of sp³-hybridized carbons (Fsp3) is 0.964. The van der Waals surface area contributed by atoms with Crippen LogP contribution < -0.4 is 0 Å². The van der Waals surface area contributed by atoms with E-state index in [1.54, 1.807) is 0 Å². The molecule has 0 saturated heterocycles. The summed E-state index contributed by atoms with van der Waals surface area (Å²) in [7, 11) is 0. The van der Waals surface area contributed by atoms with Crippen molar-refractivity contribution in [2.24, 2.45) is 0 Å². The molecule has 0 spiro atoms. The normalized spacial score (nSPS) is 10.6. The topological polar surface area (TPSA) is 37.3 Å². The minimum Gasteiger partial charge on any atom is -0.481 e. The Morgan fingerprint density at radius 1 is 0.400 bits per heavy atom. The second-order valence-corrected chi connectivity index (χ2v) is 9.21. The summed E-state index contributed by atoms with van der Waals surface area (Å²) in [5, 5.41) is 8.14. The highest BCUT2D eigenvalue weighted by Gasteiger charge is 1.95. The monoisotopic (exact) mass is 426 g/mol. The highest BCUT2D eigenvalue weighted by atomic mass is 16.4. The molecular formula is C28H58O2. The molecule has 0 aromatic carbocycles. The largest absolute Gasteiger partial charge is 0.481 e. The molecule has 30 heavy (non-hydrogen) atoms. The molecule has 0 aliphatic carbocycles. The quantitative estimate of drug-likeness (QED) is 0.165. The minimum atomic E-state index is -0.682. The maximum atomic E-state index is 9.87. The molecule has 0 aliphatic heterocycles. The van der Waals surface area contributed by atoms with Gasteiger partial charge in [0.05, 0.1) is 0 Å². The summed E-state index contributed by atoms with van der Waals surface area (Å²) in [6.07, 6.45) is 32.7. The van der Waals surface area contributed by atoms with Crippen LogP contribution in [0.4, 0.5) is 0 Å². The Bertz CT molecular complexity index is 281. The smallest absolute Gasteiger partial charge is 0.303 e. The summed E-state index contributed by atoms with van der Waals surface area (Å²) < 4.78 is 0. The zero-order valence-electron chi connectivity index (χ0n) is 21.3. The number of aliphatic carboxylic acids is 1. The van der Waals surface area contributed by atoms with Crippen molar-refractivity contribution in [1.29, 1.82) is 0 Å². The van der Waals surface area contributed by atoms with E-state index in [1.807, 2.05) is 0 Å². The Hall–Kier alpha value is -0.530. The van der Waals surface area contributed by atoms with E-state index in [1.165, 1.54) is 128 Å². The summed E-state index contributed by atoms with van der Waals surface area (Å²) in [4.78, 5) is 9.87. The van der Waals surface area contributed by atoms with Crippen LogP contribution in [0.5, 0.6) is 0 Å². The van der Waals surface area contributed by atoms with Crippen molar-refractivity contribution in [3.05, 3.63) is 0 Å². The van der Waals surface area contributed by atoms with Gasteiger partial charge in [0.15, 0.2) is 0 Å². The first-order valence-electron chi connectivity index (χ1n) is 13.9. The Kier molecular flexibility index (Phi) is 32.4. The number of hydrogen-bond donors (Lipinski definition) is 1. The number of hydrogen-bond acceptors (Lipinski definition) is 1. The van der Waals surface area contributed by atoms with E-state index in [2.05, 4.69) is 20.8 Å². The average Bonchev–Trinajstić information content (AvgIpc) is 2.73. The summed E-state index contributed by atoms with van der Waals surface area (Å²) in [6, 6.07) is 0. The van der Waals surface area contributed by atoms with E-state index in [-0.39, 0.29) is 0 Å². The lowest BCUT2D eigenvalue weighted by Crippen LogP contribution is -1.92. The van der Waals surface area contributed by atoms with E-state index in [4.69, 9.17) is 5.11 Å². The van der Waals surface area contributed by atoms with Gasteiger partial charge in [0.25, 0.3) is 0 Å². The summed E-state index contributed by atoms with van der Waals surface area (Å²) in [5.74, 6) is -0.682. The highest BCUT2D eigenvalue weighted by Crippen LogP contribution is 2.14. The van der Waals surface area contributed by atoms with E-state index in [0.717, 1.165) is 19.3 Å². The van der Waals surface area contributed by atoms with Gasteiger partial charge in [-0.15, -0.1) is 0 Å². The van der Waals surface area contributed by atoms with Crippen LogP contribution in [-0.2, 0) is 4.79 Å². The van der Waals surface area contributed by atoms with Crippen molar-refractivity contribution < 1.29 is 9.90 Å². The molecule has 0 bridgehead atoms. The molecule has 182 valence electrons. The molecule has 1 N–H and O–H groups in total. The van der Waals surface area contributed by atoms with Crippen LogP contribution in [0.3, 0.4) is 0 Å². The SMILES string of the molecule is CCCCCC(=O)O.CCCCCCCCCCCCCCCCCCCCCC. The van der Waals surface area contributed by atoms with E-state index in [9.17, 15) is 4.79 Å². The first-order chi connectivity index (χ1) is 14.7. The highest BCUT2D eigenvalue weighted by molar-refractivity contribution is 5.66. The van der Waals surface area contributed by atoms with Gasteiger partial charge in [-0.2, -0.15) is 0 Å². The van der Waals surface area contributed by atoms with Crippen molar-refractivity contribution >= 4 is 5.97 Å². The second-order valence-electron chi connectivity index (χ2n) is 9.21. The predicted molar refractivity (Wildman–Crippen MR) is 135 cm³/mol. The average molecular weight is 427 g/mol. The van der Waals surface area contributed by atoms with Gasteiger partial charge in [0.2, 0.25) is 0 Å². The Morgan fingerprint density at radius 3 is 0.800 bits per heavy atom. The first kappa shape index (κ1) is 31.7. The van der Waals surface area contributed by atoms with Crippen LogP contribution in [0.25, 0.3) is 0 Å². The Balaban J connectivity index is 0. The number of unbranched alkanes of at least 4 members (excludes halogenated alkanes) is 21. The summed E-state index contributed by atoms with van der Waals surface area (Å²) in [5.41, 5.74) is 0. The third-order valence-electron chi connectivity index (χ3n) is 5.95. The fourth-order valence-corrected chi connectivity index (χ4v) is 3.85. The standard InChI is InChI=1S/C22H46.C6H12O2/c1-3-5-7-9-11-13-15-17-19-21-22-20-18-16-14-12-10-8-6-4-2;1-2-3-4-5-6(7)8/h3-22H2,1-2H3;2-5H2,1H3,(H,7,8). The Morgan fingerprint density at radius 2 is 0.600 bits per heavy atom. The lowest BCUT2D eigenvalue weighted by molar-refractivity contribution is -0.137. The van der Waals surface area contributed by atoms with E-state index in [0.29, 0.717) is 6.42 Å². The molecule has 0 aliphatic rings. The molecule has 0 unspecified atom stereocenters. The molecule has 0 saturated carbocycles. The third-order valence-corrected chi connectivity index (χ3v) is 5.95. The minimum absolute atomic E-state index is 0.327. The van der Waals surface area contributed by atoms with Crippen molar-refractivity contribution in [1.82, 2.24) is 0 Å². The number of rotatable bonds is 23. The number of carbonyl (C=O) groups is 1. The lowest BCUT2D eigenvalue weighted by atomic mass is 10.0. The molecule has 2 nitrogen and oxygen atoms in total. The molecule has 0 fully saturated rings. The van der Waals surface area contributed by atoms with Gasteiger partial charge in [0.1, 0.15) is 0 Å². The number of carboxylic acid groups (broad SMARTS) is 1. The maximum Gasteiger partial charge on any atom is 0.303 e. The van der Waals surface area contributed by atoms with Gasteiger partial charge in [-0.05, 0) is 6.42 Å². The molecule has 2 heteroatoms. The second kappa shape index (κ2) is 30.7. The molecule has 0 radical (unpaired) electrons. The predicted octanol–water partition coefficient (Wildman–Crippen LogP) is 10.5. The van der Waals surface area contributed by atoms with Crippen molar-refractivity contribution in [3.8, 4) is 0 Å². The molecule has 0 atom stereocenters. The molecule has 0 aromatic heterocycles. The van der Waals surface area contributed by atoms with Crippen LogP contribution in [0.2, 0.25) is 0 Å². The van der Waals surface area contributed by atoms with E-state index < -0.39 is 5.97 Å². The summed E-state index contributed by atoms with van der Waals surface area (Å²) >= 11 is 0. The van der Waals surface area contributed by atoms with Crippen LogP contribution in [0, 0.1) is 0 Å². The van der Waals surface area contributed by atoms with Crippen molar-refractivity contribution in [2.45, 2.75) is 175 Å². The van der Waals surface area contributed by atoms with Gasteiger partial charge in [-0.3, -0.25) is 4.79 Å². The zero-order chi connectivity index (χ0) is 22.5. The molecular weight excluding hydrogens is 368 g/mol. The Labute approximate surface area is 191 Å². The van der Waals surface area contributed by atoms with Gasteiger partial charge in [-0.1, -0.05) is 162 Å². The van der Waals surface area contributed by atoms with Gasteiger partial charge in [-0.25, -0.2) is 0 Å². The van der Waals surface area contributed by atoms with Crippen LogP contribution >= 0.6 is 0 Å².